The topological polar surface area (TPSA) is 72.0 Å². The van der Waals surface area contributed by atoms with Crippen molar-refractivity contribution in [1.29, 1.82) is 5.41 Å². The van der Waals surface area contributed by atoms with Gasteiger partial charge in [-0.1, -0.05) is 0 Å². The number of hydrogen-bond acceptors (Lipinski definition) is 4. The van der Waals surface area contributed by atoms with E-state index in [1.165, 1.54) is 11.3 Å². The maximum absolute atomic E-state index is 7.69. The zero-order valence-electron chi connectivity index (χ0n) is 11.3. The number of hydrogen-bond donors (Lipinski definition) is 2. The molecule has 0 unspecified atom stereocenters. The molecule has 0 aliphatic heterocycles. The van der Waals surface area contributed by atoms with Crippen molar-refractivity contribution in [2.75, 3.05) is 6.61 Å². The Morgan fingerprint density at radius 1 is 1.40 bits per heavy atom. The van der Waals surface area contributed by atoms with Gasteiger partial charge in [-0.05, 0) is 44.0 Å². The van der Waals surface area contributed by atoms with Crippen LogP contribution in [0.15, 0.2) is 24.3 Å². The molecule has 0 spiro atoms. The van der Waals surface area contributed by atoms with Gasteiger partial charge in [0.05, 0.1) is 17.2 Å². The Kier molecular flexibility index (Phi) is 3.44. The molecule has 0 saturated heterocycles. The number of nitrogens with two attached hydrogens (primary N) is 1. The summed E-state index contributed by atoms with van der Waals surface area (Å²) in [6.07, 6.45) is 2.32. The van der Waals surface area contributed by atoms with Crippen LogP contribution in [0, 0.1) is 5.41 Å². The zero-order chi connectivity index (χ0) is 14.1. The van der Waals surface area contributed by atoms with Crippen LogP contribution < -0.4 is 10.5 Å². The second-order valence-corrected chi connectivity index (χ2v) is 5.88. The molecule has 1 aromatic carbocycles. The second-order valence-electron chi connectivity index (χ2n) is 4.88. The van der Waals surface area contributed by atoms with Gasteiger partial charge < -0.3 is 10.5 Å². The first-order valence-corrected chi connectivity index (χ1v) is 7.59. The largest absolute Gasteiger partial charge is 0.494 e. The van der Waals surface area contributed by atoms with E-state index in [-0.39, 0.29) is 5.84 Å². The van der Waals surface area contributed by atoms with Crippen LogP contribution in [-0.4, -0.2) is 17.4 Å². The van der Waals surface area contributed by atoms with E-state index in [9.17, 15) is 0 Å². The lowest BCUT2D eigenvalue weighted by atomic mass is 10.2. The monoisotopic (exact) mass is 287 g/mol. The van der Waals surface area contributed by atoms with Crippen molar-refractivity contribution in [2.45, 2.75) is 25.7 Å². The van der Waals surface area contributed by atoms with E-state index in [0.29, 0.717) is 12.5 Å². The molecule has 20 heavy (non-hydrogen) atoms. The molecule has 0 bridgehead atoms. The summed E-state index contributed by atoms with van der Waals surface area (Å²) in [5.74, 6) is 1.49. The minimum absolute atomic E-state index is 0.126. The Hall–Kier alpha value is -1.88. The molecule has 1 heterocycles. The first-order valence-electron chi connectivity index (χ1n) is 6.77. The van der Waals surface area contributed by atoms with E-state index in [2.05, 4.69) is 0 Å². The number of thiazole rings is 1. The summed E-state index contributed by atoms with van der Waals surface area (Å²) in [6, 6.07) is 7.91. The molecule has 2 aromatic rings. The molecule has 4 nitrogen and oxygen atoms in total. The van der Waals surface area contributed by atoms with Crippen LogP contribution in [0.1, 0.15) is 36.3 Å². The summed E-state index contributed by atoms with van der Waals surface area (Å²) in [4.78, 5) is 5.53. The maximum atomic E-state index is 7.69. The third kappa shape index (κ3) is 2.54. The number of rotatable bonds is 5. The Labute approximate surface area is 122 Å². The molecule has 3 N–H and O–H groups in total. The van der Waals surface area contributed by atoms with Crippen LogP contribution in [0.2, 0.25) is 0 Å². The van der Waals surface area contributed by atoms with E-state index in [4.69, 9.17) is 20.9 Å². The smallest absolute Gasteiger partial charge is 0.135 e. The second kappa shape index (κ2) is 5.25. The van der Waals surface area contributed by atoms with Gasteiger partial charge in [-0.15, -0.1) is 11.3 Å². The zero-order valence-corrected chi connectivity index (χ0v) is 12.2. The molecule has 104 valence electrons. The van der Waals surface area contributed by atoms with Gasteiger partial charge in [-0.3, -0.25) is 5.41 Å². The summed E-state index contributed by atoms with van der Waals surface area (Å²) in [5, 5.41) is 8.62. The standard InChI is InChI=1S/C15H17N3OS/c1-2-19-11-7-5-10(6-8-11)15-18-12(9-3-4-9)13(20-15)14(16)17/h5-9H,2-4H2,1H3,(H3,16,17). The Morgan fingerprint density at radius 3 is 2.65 bits per heavy atom. The van der Waals surface area contributed by atoms with E-state index in [1.807, 2.05) is 31.2 Å². The maximum Gasteiger partial charge on any atom is 0.135 e. The first-order chi connectivity index (χ1) is 9.69. The molecule has 1 aliphatic rings. The lowest BCUT2D eigenvalue weighted by Crippen LogP contribution is -2.11. The highest BCUT2D eigenvalue weighted by atomic mass is 32.1. The third-order valence-electron chi connectivity index (χ3n) is 3.27. The van der Waals surface area contributed by atoms with Crippen LogP contribution in [0.3, 0.4) is 0 Å². The van der Waals surface area contributed by atoms with E-state index in [0.717, 1.165) is 39.7 Å². The minimum Gasteiger partial charge on any atom is -0.494 e. The summed E-state index contributed by atoms with van der Waals surface area (Å²) >= 11 is 1.51. The van der Waals surface area contributed by atoms with Gasteiger partial charge in [0, 0.05) is 11.5 Å². The average Bonchev–Trinajstić information content (AvgIpc) is 3.19. The van der Waals surface area contributed by atoms with Crippen LogP contribution in [0.25, 0.3) is 10.6 Å². The van der Waals surface area contributed by atoms with Crippen LogP contribution in [-0.2, 0) is 0 Å². The predicted octanol–water partition coefficient (Wildman–Crippen LogP) is 3.37. The molecular formula is C15H17N3OS. The molecule has 1 aromatic heterocycles. The van der Waals surface area contributed by atoms with Crippen LogP contribution >= 0.6 is 11.3 Å². The lowest BCUT2D eigenvalue weighted by Gasteiger charge is -2.02. The molecular weight excluding hydrogens is 270 g/mol. The van der Waals surface area contributed by atoms with Crippen molar-refractivity contribution in [1.82, 2.24) is 4.98 Å². The van der Waals surface area contributed by atoms with Crippen molar-refractivity contribution >= 4 is 17.2 Å². The molecule has 0 atom stereocenters. The molecule has 5 heteroatoms. The van der Waals surface area contributed by atoms with Crippen molar-refractivity contribution in [3.8, 4) is 16.3 Å². The highest BCUT2D eigenvalue weighted by Crippen LogP contribution is 2.44. The number of nitrogens with one attached hydrogen (secondary N) is 1. The number of aromatic nitrogens is 1. The van der Waals surface area contributed by atoms with Crippen LogP contribution in [0.4, 0.5) is 0 Å². The molecule has 0 amide bonds. The van der Waals surface area contributed by atoms with Gasteiger partial charge in [0.25, 0.3) is 0 Å². The highest BCUT2D eigenvalue weighted by molar-refractivity contribution is 7.17. The van der Waals surface area contributed by atoms with Crippen molar-refractivity contribution < 1.29 is 4.74 Å². The number of nitrogens with zero attached hydrogens (tertiary/aromatic N) is 1. The quantitative estimate of drug-likeness (QED) is 0.654. The van der Waals surface area contributed by atoms with Crippen molar-refractivity contribution in [3.05, 3.63) is 34.8 Å². The summed E-state index contributed by atoms with van der Waals surface area (Å²) in [6.45, 7) is 2.63. The number of amidine groups is 1. The fourth-order valence-corrected chi connectivity index (χ4v) is 3.16. The van der Waals surface area contributed by atoms with Gasteiger partial charge in [0.2, 0.25) is 0 Å². The lowest BCUT2D eigenvalue weighted by molar-refractivity contribution is 0.340. The Morgan fingerprint density at radius 2 is 2.10 bits per heavy atom. The van der Waals surface area contributed by atoms with E-state index < -0.39 is 0 Å². The normalized spacial score (nSPS) is 14.2. The molecule has 1 fully saturated rings. The van der Waals surface area contributed by atoms with Crippen molar-refractivity contribution in [2.24, 2.45) is 5.73 Å². The van der Waals surface area contributed by atoms with Gasteiger partial charge in [-0.2, -0.15) is 0 Å². The van der Waals surface area contributed by atoms with Gasteiger partial charge in [-0.25, -0.2) is 4.98 Å². The number of nitrogen functional groups attached to an aromatic ring is 1. The van der Waals surface area contributed by atoms with E-state index >= 15 is 0 Å². The fourth-order valence-electron chi connectivity index (χ4n) is 2.14. The average molecular weight is 287 g/mol. The first kappa shape index (κ1) is 13.1. The number of ether oxygens (including phenoxy) is 1. The summed E-state index contributed by atoms with van der Waals surface area (Å²) in [7, 11) is 0. The molecule has 1 saturated carbocycles. The van der Waals surface area contributed by atoms with Crippen LogP contribution in [0.5, 0.6) is 5.75 Å². The SMILES string of the molecule is CCOc1ccc(-c2nc(C3CC3)c(C(=N)N)s2)cc1. The molecule has 3 rings (SSSR count). The van der Waals surface area contributed by atoms with Crippen molar-refractivity contribution in [3.63, 3.8) is 0 Å². The van der Waals surface area contributed by atoms with E-state index in [1.54, 1.807) is 0 Å². The Balaban J connectivity index is 1.93. The van der Waals surface area contributed by atoms with Gasteiger partial charge in [0.1, 0.15) is 16.6 Å². The molecule has 0 radical (unpaired) electrons. The summed E-state index contributed by atoms with van der Waals surface area (Å²) in [5.41, 5.74) is 7.72. The minimum atomic E-state index is 0.126. The molecule has 1 aliphatic carbocycles. The van der Waals surface area contributed by atoms with Gasteiger partial charge >= 0.3 is 0 Å². The third-order valence-corrected chi connectivity index (χ3v) is 4.43. The summed E-state index contributed by atoms with van der Waals surface area (Å²) < 4.78 is 5.44. The number of benzene rings is 1. The predicted molar refractivity (Wildman–Crippen MR) is 81.7 cm³/mol. The fraction of sp³-hybridized carbons (Fsp3) is 0.333. The van der Waals surface area contributed by atoms with Gasteiger partial charge in [0.15, 0.2) is 0 Å². The highest BCUT2D eigenvalue weighted by Gasteiger charge is 2.30. The Bertz CT molecular complexity index is 629.